The van der Waals surface area contributed by atoms with E-state index in [2.05, 4.69) is 5.32 Å². The molecule has 28 heavy (non-hydrogen) atoms. The predicted octanol–water partition coefficient (Wildman–Crippen LogP) is 3.91. The molecule has 3 atom stereocenters. The lowest BCUT2D eigenvalue weighted by molar-refractivity contribution is -0.148. The summed E-state index contributed by atoms with van der Waals surface area (Å²) < 4.78 is 0. The van der Waals surface area contributed by atoms with Crippen LogP contribution in [0.15, 0.2) is 18.2 Å². The molecule has 0 aromatic heterocycles. The van der Waals surface area contributed by atoms with Crippen LogP contribution in [0, 0.1) is 11.8 Å². The fraction of sp³-hybridized carbons (Fsp3) is 0.550. The standard InChI is InChI=1S/C20H24Cl2N2O3S/c1-28-9-8-17(18(25)23-11-12-6-7-13(21)10-16(12)22)24-19(26)14-4-2-3-5-15(14)20(24)27/h6-7,10,14-15,17H,2-5,8-9,11H2,1H3,(H,23,25)/t14-,15+,17-/m1/s1. The van der Waals surface area contributed by atoms with Gasteiger partial charge in [-0.2, -0.15) is 11.8 Å². The normalized spacial score (nSPS) is 22.9. The number of fused-ring (bicyclic) bond motifs is 1. The first-order valence-corrected chi connectivity index (χ1v) is 11.7. The molecule has 0 radical (unpaired) electrons. The third-order valence-corrected chi connectivity index (χ3v) is 6.78. The largest absolute Gasteiger partial charge is 0.350 e. The molecule has 152 valence electrons. The van der Waals surface area contributed by atoms with Crippen LogP contribution < -0.4 is 5.32 Å². The molecule has 3 rings (SSSR count). The van der Waals surface area contributed by atoms with Crippen molar-refractivity contribution in [1.29, 1.82) is 0 Å². The van der Waals surface area contributed by atoms with Crippen molar-refractivity contribution in [3.05, 3.63) is 33.8 Å². The van der Waals surface area contributed by atoms with Crippen molar-refractivity contribution in [2.75, 3.05) is 12.0 Å². The molecule has 8 heteroatoms. The van der Waals surface area contributed by atoms with Gasteiger partial charge in [0.25, 0.3) is 0 Å². The van der Waals surface area contributed by atoms with E-state index in [9.17, 15) is 14.4 Å². The number of benzene rings is 1. The van der Waals surface area contributed by atoms with Crippen LogP contribution in [0.1, 0.15) is 37.7 Å². The number of nitrogens with zero attached hydrogens (tertiary/aromatic N) is 1. The minimum atomic E-state index is -0.774. The Morgan fingerprint density at radius 1 is 1.21 bits per heavy atom. The highest BCUT2D eigenvalue weighted by atomic mass is 35.5. The van der Waals surface area contributed by atoms with Crippen LogP contribution in [0.5, 0.6) is 0 Å². The summed E-state index contributed by atoms with van der Waals surface area (Å²) in [6.07, 6.45) is 5.79. The number of hydrogen-bond donors (Lipinski definition) is 1. The molecule has 1 aromatic rings. The summed E-state index contributed by atoms with van der Waals surface area (Å²) in [6.45, 7) is 0.216. The summed E-state index contributed by atoms with van der Waals surface area (Å²) in [7, 11) is 0. The number of carbonyl (C=O) groups is 3. The second-order valence-electron chi connectivity index (χ2n) is 7.29. The van der Waals surface area contributed by atoms with Crippen molar-refractivity contribution in [3.63, 3.8) is 0 Å². The number of rotatable bonds is 7. The molecule has 1 heterocycles. The zero-order valence-electron chi connectivity index (χ0n) is 15.7. The quantitative estimate of drug-likeness (QED) is 0.649. The Morgan fingerprint density at radius 3 is 2.43 bits per heavy atom. The van der Waals surface area contributed by atoms with Gasteiger partial charge in [-0.1, -0.05) is 42.1 Å². The van der Waals surface area contributed by atoms with Crippen LogP contribution in [0.3, 0.4) is 0 Å². The maximum atomic E-state index is 12.9. The maximum Gasteiger partial charge on any atom is 0.243 e. The number of imide groups is 1. The molecule has 3 amide bonds. The molecule has 1 saturated carbocycles. The lowest BCUT2D eigenvalue weighted by Gasteiger charge is -2.26. The topological polar surface area (TPSA) is 66.5 Å². The van der Waals surface area contributed by atoms with E-state index in [-0.39, 0.29) is 36.1 Å². The van der Waals surface area contributed by atoms with E-state index < -0.39 is 6.04 Å². The van der Waals surface area contributed by atoms with Gasteiger partial charge >= 0.3 is 0 Å². The third-order valence-electron chi connectivity index (χ3n) is 5.55. The summed E-state index contributed by atoms with van der Waals surface area (Å²) in [6, 6.07) is 4.30. The zero-order chi connectivity index (χ0) is 20.3. The Kier molecular flexibility index (Phi) is 7.29. The van der Waals surface area contributed by atoms with Gasteiger partial charge in [0.15, 0.2) is 0 Å². The minimum absolute atomic E-state index is 0.180. The van der Waals surface area contributed by atoms with Crippen molar-refractivity contribution in [2.45, 2.75) is 44.7 Å². The van der Waals surface area contributed by atoms with Crippen LogP contribution >= 0.6 is 35.0 Å². The fourth-order valence-corrected chi connectivity index (χ4v) is 5.00. The van der Waals surface area contributed by atoms with E-state index in [1.165, 1.54) is 4.90 Å². The lowest BCUT2D eigenvalue weighted by Crippen LogP contribution is -2.50. The van der Waals surface area contributed by atoms with E-state index in [1.54, 1.807) is 30.0 Å². The van der Waals surface area contributed by atoms with Gasteiger partial charge < -0.3 is 5.32 Å². The predicted molar refractivity (Wildman–Crippen MR) is 112 cm³/mol. The number of likely N-dealkylation sites (tertiary alicyclic amines) is 1. The number of amides is 3. The first-order chi connectivity index (χ1) is 13.4. The summed E-state index contributed by atoms with van der Waals surface area (Å²) in [5.74, 6) is -0.499. The molecule has 1 aromatic carbocycles. The number of nitrogens with one attached hydrogen (secondary N) is 1. The van der Waals surface area contributed by atoms with Crippen molar-refractivity contribution in [1.82, 2.24) is 10.2 Å². The van der Waals surface area contributed by atoms with E-state index in [1.807, 2.05) is 6.26 Å². The Morgan fingerprint density at radius 2 is 1.86 bits per heavy atom. The Labute approximate surface area is 179 Å². The summed E-state index contributed by atoms with van der Waals surface area (Å²) >= 11 is 13.7. The van der Waals surface area contributed by atoms with Crippen molar-refractivity contribution in [2.24, 2.45) is 11.8 Å². The van der Waals surface area contributed by atoms with E-state index >= 15 is 0 Å². The molecule has 0 unspecified atom stereocenters. The number of hydrogen-bond acceptors (Lipinski definition) is 4. The highest BCUT2D eigenvalue weighted by Gasteiger charge is 2.51. The van der Waals surface area contributed by atoms with Gasteiger partial charge in [0, 0.05) is 16.6 Å². The molecule has 0 spiro atoms. The van der Waals surface area contributed by atoms with Crippen LogP contribution in [0.2, 0.25) is 10.0 Å². The van der Waals surface area contributed by atoms with Crippen LogP contribution in [0.4, 0.5) is 0 Å². The van der Waals surface area contributed by atoms with Gasteiger partial charge in [-0.3, -0.25) is 19.3 Å². The van der Waals surface area contributed by atoms with Crippen molar-refractivity contribution >= 4 is 52.7 Å². The third kappa shape index (κ3) is 4.50. The smallest absolute Gasteiger partial charge is 0.243 e. The summed E-state index contributed by atoms with van der Waals surface area (Å²) in [5, 5.41) is 3.83. The average Bonchev–Trinajstić information content (AvgIpc) is 2.93. The van der Waals surface area contributed by atoms with Gasteiger partial charge in [-0.15, -0.1) is 0 Å². The molecule has 5 nitrogen and oxygen atoms in total. The van der Waals surface area contributed by atoms with Crippen LogP contribution in [-0.4, -0.2) is 40.7 Å². The monoisotopic (exact) mass is 442 g/mol. The number of thioether (sulfide) groups is 1. The molecule has 2 fully saturated rings. The maximum absolute atomic E-state index is 12.9. The molecule has 0 bridgehead atoms. The van der Waals surface area contributed by atoms with Crippen LogP contribution in [0.25, 0.3) is 0 Å². The number of carbonyl (C=O) groups excluding carboxylic acids is 3. The molecular weight excluding hydrogens is 419 g/mol. The summed E-state index contributed by atoms with van der Waals surface area (Å²) in [4.78, 5) is 40.0. The molecule has 1 saturated heterocycles. The van der Waals surface area contributed by atoms with Crippen molar-refractivity contribution in [3.8, 4) is 0 Å². The molecule has 2 aliphatic rings. The van der Waals surface area contributed by atoms with Gasteiger partial charge in [0.2, 0.25) is 17.7 Å². The van der Waals surface area contributed by atoms with Gasteiger partial charge in [-0.05, 0) is 49.0 Å². The first-order valence-electron chi connectivity index (χ1n) is 9.51. The van der Waals surface area contributed by atoms with Crippen molar-refractivity contribution < 1.29 is 14.4 Å². The second-order valence-corrected chi connectivity index (χ2v) is 9.12. The van der Waals surface area contributed by atoms with Gasteiger partial charge in [0.1, 0.15) is 6.04 Å². The minimum Gasteiger partial charge on any atom is -0.350 e. The first kappa shape index (κ1) is 21.5. The Hall–Kier alpha value is -1.24. The fourth-order valence-electron chi connectivity index (χ4n) is 4.07. The lowest BCUT2D eigenvalue weighted by atomic mass is 9.81. The zero-order valence-corrected chi connectivity index (χ0v) is 18.1. The second kappa shape index (κ2) is 9.51. The molecule has 1 aliphatic carbocycles. The highest BCUT2D eigenvalue weighted by Crippen LogP contribution is 2.39. The average molecular weight is 443 g/mol. The van der Waals surface area contributed by atoms with Crippen LogP contribution in [-0.2, 0) is 20.9 Å². The van der Waals surface area contributed by atoms with Gasteiger partial charge in [0.05, 0.1) is 11.8 Å². The molecule has 1 aliphatic heterocycles. The number of halogens is 2. The summed E-state index contributed by atoms with van der Waals surface area (Å²) in [5.41, 5.74) is 0.732. The molecule has 1 N–H and O–H groups in total. The highest BCUT2D eigenvalue weighted by molar-refractivity contribution is 7.98. The van der Waals surface area contributed by atoms with Gasteiger partial charge in [-0.25, -0.2) is 0 Å². The van der Waals surface area contributed by atoms with E-state index in [0.29, 0.717) is 22.2 Å². The SMILES string of the molecule is CSCC[C@H](C(=O)NCc1ccc(Cl)cc1Cl)N1C(=O)[C@H]2CCCC[C@H]2C1=O. The Balaban J connectivity index is 1.74. The molecular formula is C20H24Cl2N2O3S. The Bertz CT molecular complexity index is 750. The van der Waals surface area contributed by atoms with E-state index in [0.717, 1.165) is 31.2 Å². The van der Waals surface area contributed by atoms with E-state index in [4.69, 9.17) is 23.2 Å².